The molecule has 0 spiro atoms. The Balaban J connectivity index is 1.87. The zero-order valence-corrected chi connectivity index (χ0v) is 16.9. The third-order valence-electron chi connectivity index (χ3n) is 4.18. The van der Waals surface area contributed by atoms with E-state index in [2.05, 4.69) is 10.6 Å². The minimum absolute atomic E-state index is 0.213. The van der Waals surface area contributed by atoms with E-state index in [0.29, 0.717) is 9.90 Å². The quantitative estimate of drug-likeness (QED) is 0.347. The van der Waals surface area contributed by atoms with Crippen molar-refractivity contribution in [3.05, 3.63) is 69.4 Å². The predicted molar refractivity (Wildman–Crippen MR) is 115 cm³/mol. The SMILES string of the molecule is Cc1ccccc1-c1ccc(NC(=O)O)c(NC(=O)CC(=O)c2sccc2Cl)c1. The van der Waals surface area contributed by atoms with Gasteiger partial charge < -0.3 is 10.4 Å². The zero-order valence-electron chi connectivity index (χ0n) is 15.4. The van der Waals surface area contributed by atoms with E-state index in [1.165, 1.54) is 11.3 Å². The molecule has 0 fully saturated rings. The highest BCUT2D eigenvalue weighted by Gasteiger charge is 2.18. The van der Waals surface area contributed by atoms with Crippen LogP contribution in [0.15, 0.2) is 53.9 Å². The lowest BCUT2D eigenvalue weighted by Crippen LogP contribution is -2.18. The number of rotatable bonds is 6. The Labute approximate surface area is 176 Å². The molecule has 0 saturated carbocycles. The lowest BCUT2D eigenvalue weighted by atomic mass is 9.99. The van der Waals surface area contributed by atoms with E-state index in [1.807, 2.05) is 31.2 Å². The molecule has 0 aliphatic rings. The first-order valence-corrected chi connectivity index (χ1v) is 9.87. The van der Waals surface area contributed by atoms with Gasteiger partial charge in [-0.2, -0.15) is 0 Å². The van der Waals surface area contributed by atoms with Gasteiger partial charge >= 0.3 is 6.09 Å². The summed E-state index contributed by atoms with van der Waals surface area (Å²) in [6.45, 7) is 1.96. The maximum absolute atomic E-state index is 12.4. The van der Waals surface area contributed by atoms with Gasteiger partial charge in [0.15, 0.2) is 5.78 Å². The molecule has 6 nitrogen and oxygen atoms in total. The lowest BCUT2D eigenvalue weighted by Gasteiger charge is -2.14. The molecule has 0 radical (unpaired) electrons. The summed E-state index contributed by atoms with van der Waals surface area (Å²) >= 11 is 7.11. The molecule has 0 aliphatic heterocycles. The molecule has 1 heterocycles. The first-order chi connectivity index (χ1) is 13.8. The molecule has 8 heteroatoms. The molecule has 0 aliphatic carbocycles. The van der Waals surface area contributed by atoms with Crippen LogP contribution in [0.4, 0.5) is 16.2 Å². The van der Waals surface area contributed by atoms with Gasteiger partial charge in [0.2, 0.25) is 5.91 Å². The zero-order chi connectivity index (χ0) is 21.0. The number of thiophene rings is 1. The molecule has 3 rings (SSSR count). The van der Waals surface area contributed by atoms with Gasteiger partial charge in [0.1, 0.15) is 0 Å². The minimum atomic E-state index is -1.26. The molecule has 148 valence electrons. The number of aryl methyl sites for hydroxylation is 1. The number of hydrogen-bond donors (Lipinski definition) is 3. The molecule has 0 atom stereocenters. The summed E-state index contributed by atoms with van der Waals surface area (Å²) in [7, 11) is 0. The second-order valence-corrected chi connectivity index (χ2v) is 7.57. The highest BCUT2D eigenvalue weighted by Crippen LogP contribution is 2.31. The number of amides is 2. The first-order valence-electron chi connectivity index (χ1n) is 8.61. The predicted octanol–water partition coefficient (Wildman–Crippen LogP) is 5.68. The van der Waals surface area contributed by atoms with Crippen molar-refractivity contribution in [1.29, 1.82) is 0 Å². The lowest BCUT2D eigenvalue weighted by molar-refractivity contribution is -0.115. The fourth-order valence-electron chi connectivity index (χ4n) is 2.85. The number of carboxylic acid groups (broad SMARTS) is 1. The van der Waals surface area contributed by atoms with E-state index >= 15 is 0 Å². The average molecular weight is 429 g/mol. The first kappa shape index (κ1) is 20.6. The summed E-state index contributed by atoms with van der Waals surface area (Å²) in [6, 6.07) is 14.3. The average Bonchev–Trinajstić information content (AvgIpc) is 3.09. The number of ketones is 1. The molecular formula is C21H17ClN2O4S. The van der Waals surface area contributed by atoms with Crippen LogP contribution in [0.25, 0.3) is 11.1 Å². The molecule has 3 aromatic rings. The minimum Gasteiger partial charge on any atom is -0.465 e. The second kappa shape index (κ2) is 8.89. The van der Waals surface area contributed by atoms with Gasteiger partial charge in [-0.1, -0.05) is 41.9 Å². The Morgan fingerprint density at radius 1 is 1.03 bits per heavy atom. The molecule has 2 aromatic carbocycles. The van der Waals surface area contributed by atoms with Crippen LogP contribution in [0.2, 0.25) is 5.02 Å². The van der Waals surface area contributed by atoms with Crippen molar-refractivity contribution in [3.8, 4) is 11.1 Å². The molecule has 0 unspecified atom stereocenters. The van der Waals surface area contributed by atoms with Crippen molar-refractivity contribution in [2.24, 2.45) is 0 Å². The van der Waals surface area contributed by atoms with E-state index in [4.69, 9.17) is 16.7 Å². The van der Waals surface area contributed by atoms with Crippen LogP contribution in [0, 0.1) is 6.92 Å². The number of nitrogens with one attached hydrogen (secondary N) is 2. The molecule has 0 saturated heterocycles. The van der Waals surface area contributed by atoms with E-state index < -0.39 is 24.2 Å². The Kier molecular flexibility index (Phi) is 6.31. The molecule has 3 N–H and O–H groups in total. The van der Waals surface area contributed by atoms with Crippen LogP contribution in [0.3, 0.4) is 0 Å². The van der Waals surface area contributed by atoms with Gasteiger partial charge in [0.25, 0.3) is 0 Å². The van der Waals surface area contributed by atoms with Crippen LogP contribution < -0.4 is 10.6 Å². The van der Waals surface area contributed by atoms with E-state index in [9.17, 15) is 14.4 Å². The number of carbonyl (C=O) groups is 3. The van der Waals surface area contributed by atoms with Crippen molar-refractivity contribution in [2.75, 3.05) is 10.6 Å². The van der Waals surface area contributed by atoms with E-state index in [-0.39, 0.29) is 11.4 Å². The van der Waals surface area contributed by atoms with E-state index in [0.717, 1.165) is 16.7 Å². The highest BCUT2D eigenvalue weighted by atomic mass is 35.5. The molecule has 29 heavy (non-hydrogen) atoms. The summed E-state index contributed by atoms with van der Waals surface area (Å²) in [5, 5.41) is 15.9. The van der Waals surface area contributed by atoms with Crippen LogP contribution >= 0.6 is 22.9 Å². The second-order valence-electron chi connectivity index (χ2n) is 6.25. The number of carbonyl (C=O) groups excluding carboxylic acids is 2. The maximum Gasteiger partial charge on any atom is 0.409 e. The number of Topliss-reactive ketones (excluding diaryl/α,β-unsaturated/α-hetero) is 1. The molecule has 1 aromatic heterocycles. The Morgan fingerprint density at radius 3 is 2.45 bits per heavy atom. The Bertz CT molecular complexity index is 1090. The standard InChI is InChI=1S/C21H17ClN2O4S/c1-12-4-2-3-5-14(12)13-6-7-16(24-21(27)28)17(10-13)23-19(26)11-18(25)20-15(22)8-9-29-20/h2-10,24H,11H2,1H3,(H,23,26)(H,27,28). The van der Waals surface area contributed by atoms with Gasteiger partial charge in [0, 0.05) is 0 Å². The summed E-state index contributed by atoms with van der Waals surface area (Å²) in [5.41, 5.74) is 3.27. The summed E-state index contributed by atoms with van der Waals surface area (Å²) in [5.74, 6) is -0.958. The summed E-state index contributed by atoms with van der Waals surface area (Å²) in [4.78, 5) is 36.1. The third-order valence-corrected chi connectivity index (χ3v) is 5.57. The fourth-order valence-corrected chi connectivity index (χ4v) is 3.95. The number of anilines is 2. The smallest absolute Gasteiger partial charge is 0.409 e. The van der Waals surface area contributed by atoms with Crippen LogP contribution in [-0.2, 0) is 4.79 Å². The number of halogens is 1. The van der Waals surface area contributed by atoms with Crippen molar-refractivity contribution >= 4 is 52.1 Å². The van der Waals surface area contributed by atoms with Gasteiger partial charge in [-0.05, 0) is 47.2 Å². The summed E-state index contributed by atoms with van der Waals surface area (Å²) < 4.78 is 0. The molecular weight excluding hydrogens is 412 g/mol. The topological polar surface area (TPSA) is 95.5 Å². The molecule has 0 bridgehead atoms. The van der Waals surface area contributed by atoms with Crippen LogP contribution in [0.1, 0.15) is 21.7 Å². The summed E-state index contributed by atoms with van der Waals surface area (Å²) in [6.07, 6.45) is -1.66. The van der Waals surface area contributed by atoms with Gasteiger partial charge in [-0.25, -0.2) is 4.79 Å². The van der Waals surface area contributed by atoms with Gasteiger partial charge in [-0.3, -0.25) is 14.9 Å². The highest BCUT2D eigenvalue weighted by molar-refractivity contribution is 7.12. The van der Waals surface area contributed by atoms with Gasteiger partial charge in [-0.15, -0.1) is 11.3 Å². The van der Waals surface area contributed by atoms with Crippen molar-refractivity contribution in [3.63, 3.8) is 0 Å². The van der Waals surface area contributed by atoms with Crippen LogP contribution in [0.5, 0.6) is 0 Å². The third kappa shape index (κ3) is 5.01. The fraction of sp³-hybridized carbons (Fsp3) is 0.0952. The maximum atomic E-state index is 12.4. The van der Waals surface area contributed by atoms with Gasteiger partial charge in [0.05, 0.1) is 27.7 Å². The van der Waals surface area contributed by atoms with Crippen molar-refractivity contribution in [2.45, 2.75) is 13.3 Å². The normalized spacial score (nSPS) is 10.4. The Hall–Kier alpha value is -3.16. The molecule has 2 amide bonds. The van der Waals surface area contributed by atoms with Crippen LogP contribution in [-0.4, -0.2) is 22.9 Å². The van der Waals surface area contributed by atoms with Crippen molar-refractivity contribution in [1.82, 2.24) is 0 Å². The monoisotopic (exact) mass is 428 g/mol. The Morgan fingerprint density at radius 2 is 1.79 bits per heavy atom. The van der Waals surface area contributed by atoms with E-state index in [1.54, 1.807) is 29.6 Å². The number of hydrogen-bond acceptors (Lipinski definition) is 4. The van der Waals surface area contributed by atoms with Crippen molar-refractivity contribution < 1.29 is 19.5 Å². The largest absolute Gasteiger partial charge is 0.465 e. The number of benzene rings is 2.